The van der Waals surface area contributed by atoms with E-state index >= 15 is 0 Å². The monoisotopic (exact) mass is 310 g/mol. The number of carboxylic acid groups (broad SMARTS) is 1. The molecule has 0 aliphatic carbocycles. The van der Waals surface area contributed by atoms with Crippen LogP contribution >= 0.6 is 0 Å². The number of hydrogen-bond donors (Lipinski definition) is 2. The zero-order chi connectivity index (χ0) is 15.8. The lowest BCUT2D eigenvalue weighted by Crippen LogP contribution is -2.33. The number of carbonyl (C=O) groups is 1. The molecule has 2 aromatic rings. The number of aromatic carboxylic acids is 1. The minimum atomic E-state index is -4.38. The molecule has 0 aliphatic heterocycles. The van der Waals surface area contributed by atoms with Gasteiger partial charge in [-0.05, 0) is 24.6 Å². The summed E-state index contributed by atoms with van der Waals surface area (Å²) in [6.45, 7) is 1.51. The third-order valence-corrected chi connectivity index (χ3v) is 4.37. The topological polar surface area (TPSA) is 126 Å². The molecule has 21 heavy (non-hydrogen) atoms. The van der Waals surface area contributed by atoms with E-state index in [1.807, 2.05) is 5.10 Å². The molecule has 2 N–H and O–H groups in total. The van der Waals surface area contributed by atoms with Gasteiger partial charge in [0.15, 0.2) is 0 Å². The van der Waals surface area contributed by atoms with Crippen LogP contribution in [0.1, 0.15) is 15.9 Å². The van der Waals surface area contributed by atoms with Crippen molar-refractivity contribution < 1.29 is 18.3 Å². The van der Waals surface area contributed by atoms with Gasteiger partial charge in [-0.15, -0.1) is 4.09 Å². The molecule has 0 radical (unpaired) electrons. The Morgan fingerprint density at radius 3 is 2.48 bits per heavy atom. The van der Waals surface area contributed by atoms with E-state index in [1.165, 1.54) is 13.0 Å². The Balaban J connectivity index is 2.73. The first-order valence-electron chi connectivity index (χ1n) is 5.65. The van der Waals surface area contributed by atoms with Crippen LogP contribution < -0.4 is 11.1 Å². The van der Waals surface area contributed by atoms with E-state index in [0.29, 0.717) is 5.56 Å². The molecule has 1 aromatic heterocycles. The van der Waals surface area contributed by atoms with Crippen LogP contribution in [0.25, 0.3) is 0 Å². The number of rotatable bonds is 3. The molecule has 0 spiro atoms. The van der Waals surface area contributed by atoms with Crippen molar-refractivity contribution in [3.8, 4) is 0 Å². The van der Waals surface area contributed by atoms with Crippen molar-refractivity contribution >= 4 is 16.0 Å². The number of carboxylic acids is 1. The molecule has 1 aromatic carbocycles. The van der Waals surface area contributed by atoms with Crippen LogP contribution in [-0.4, -0.2) is 28.7 Å². The van der Waals surface area contributed by atoms with Gasteiger partial charge in [-0.1, -0.05) is 6.07 Å². The van der Waals surface area contributed by atoms with Crippen LogP contribution in [-0.2, 0) is 10.0 Å². The first-order chi connectivity index (χ1) is 9.73. The van der Waals surface area contributed by atoms with Crippen LogP contribution in [0.3, 0.4) is 0 Å². The summed E-state index contributed by atoms with van der Waals surface area (Å²) < 4.78 is 24.8. The van der Waals surface area contributed by atoms with Gasteiger partial charge in [0.05, 0.1) is 10.5 Å². The highest BCUT2D eigenvalue weighted by molar-refractivity contribution is 7.89. The maximum absolute atomic E-state index is 12.3. The summed E-state index contributed by atoms with van der Waals surface area (Å²) in [6, 6.07) is 5.11. The molecule has 0 unspecified atom stereocenters. The largest absolute Gasteiger partial charge is 0.478 e. The molecule has 0 aliphatic rings. The lowest BCUT2D eigenvalue weighted by Gasteiger charge is -2.08. The predicted octanol–water partition coefficient (Wildman–Crippen LogP) is -0.220. The molecule has 9 heteroatoms. The third kappa shape index (κ3) is 2.63. The van der Waals surface area contributed by atoms with Crippen LogP contribution in [0.5, 0.6) is 0 Å². The van der Waals surface area contributed by atoms with E-state index in [-0.39, 0.29) is 9.65 Å². The van der Waals surface area contributed by atoms with Gasteiger partial charge >= 0.3 is 5.97 Å². The number of H-pyrrole nitrogens is 1. The minimum absolute atomic E-state index is 0.172. The summed E-state index contributed by atoms with van der Waals surface area (Å²) in [5.41, 5.74) is -1.56. The van der Waals surface area contributed by atoms with Crippen LogP contribution in [0.4, 0.5) is 0 Å². The summed E-state index contributed by atoms with van der Waals surface area (Å²) in [5, 5.41) is 10.9. The summed E-state index contributed by atoms with van der Waals surface area (Å²) in [4.78, 5) is 33.4. The Kier molecular flexibility index (Phi) is 3.52. The van der Waals surface area contributed by atoms with E-state index < -0.39 is 32.0 Å². The van der Waals surface area contributed by atoms with E-state index in [9.17, 15) is 22.8 Å². The zero-order valence-corrected chi connectivity index (χ0v) is 11.5. The van der Waals surface area contributed by atoms with Gasteiger partial charge in [-0.25, -0.2) is 9.89 Å². The lowest BCUT2D eigenvalue weighted by atomic mass is 10.1. The first kappa shape index (κ1) is 14.7. The minimum Gasteiger partial charge on any atom is -0.478 e. The summed E-state index contributed by atoms with van der Waals surface area (Å²) in [7, 11) is -4.38. The van der Waals surface area contributed by atoms with Crippen molar-refractivity contribution in [2.45, 2.75) is 11.8 Å². The Bertz CT molecular complexity index is 939. The Morgan fingerprint density at radius 1 is 1.19 bits per heavy atom. The van der Waals surface area contributed by atoms with Crippen molar-refractivity contribution in [1.82, 2.24) is 9.19 Å². The van der Waals surface area contributed by atoms with Crippen molar-refractivity contribution in [2.24, 2.45) is 0 Å². The van der Waals surface area contributed by atoms with Crippen LogP contribution in [0.15, 0.2) is 44.8 Å². The highest BCUT2D eigenvalue weighted by Gasteiger charge is 2.21. The quantitative estimate of drug-likeness (QED) is 0.807. The van der Waals surface area contributed by atoms with E-state index in [1.54, 1.807) is 0 Å². The maximum atomic E-state index is 12.3. The molecule has 110 valence electrons. The SMILES string of the molecule is Cc1ccc(S(=O)(=O)n2[nH]c(=O)ccc2=O)cc1C(=O)O. The molecule has 0 atom stereocenters. The molecule has 0 fully saturated rings. The molecule has 2 rings (SSSR count). The van der Waals surface area contributed by atoms with Gasteiger partial charge in [0.2, 0.25) is 0 Å². The highest BCUT2D eigenvalue weighted by Crippen LogP contribution is 2.16. The second-order valence-corrected chi connectivity index (χ2v) is 5.99. The fourth-order valence-electron chi connectivity index (χ4n) is 1.68. The van der Waals surface area contributed by atoms with Crippen molar-refractivity contribution in [3.63, 3.8) is 0 Å². The Labute approximate surface area is 118 Å². The predicted molar refractivity (Wildman–Crippen MR) is 72.0 cm³/mol. The number of nitrogens with one attached hydrogen (secondary N) is 1. The van der Waals surface area contributed by atoms with Gasteiger partial charge < -0.3 is 5.11 Å². The Hall–Kier alpha value is -2.68. The molecule has 1 heterocycles. The van der Waals surface area contributed by atoms with Crippen molar-refractivity contribution in [1.29, 1.82) is 0 Å². The van der Waals surface area contributed by atoms with Crippen LogP contribution in [0, 0.1) is 6.92 Å². The van der Waals surface area contributed by atoms with Gasteiger partial charge in [-0.3, -0.25) is 9.59 Å². The van der Waals surface area contributed by atoms with Crippen molar-refractivity contribution in [3.05, 3.63) is 62.2 Å². The number of aromatic nitrogens is 2. The first-order valence-corrected chi connectivity index (χ1v) is 7.09. The maximum Gasteiger partial charge on any atom is 0.335 e. The lowest BCUT2D eigenvalue weighted by molar-refractivity contribution is 0.0696. The fraction of sp³-hybridized carbons (Fsp3) is 0.0833. The van der Waals surface area contributed by atoms with Gasteiger partial charge in [-0.2, -0.15) is 8.42 Å². The number of nitrogens with zero attached hydrogens (tertiary/aromatic N) is 1. The summed E-state index contributed by atoms with van der Waals surface area (Å²) in [6.07, 6.45) is 0. The number of aryl methyl sites for hydroxylation is 1. The van der Waals surface area contributed by atoms with Gasteiger partial charge in [0.25, 0.3) is 21.1 Å². The molecule has 0 amide bonds. The molecule has 8 nitrogen and oxygen atoms in total. The molecule has 0 saturated carbocycles. The normalized spacial score (nSPS) is 11.3. The second kappa shape index (κ2) is 5.02. The third-order valence-electron chi connectivity index (χ3n) is 2.77. The number of aromatic amines is 1. The molecular weight excluding hydrogens is 300 g/mol. The average Bonchev–Trinajstić information content (AvgIpc) is 2.41. The average molecular weight is 310 g/mol. The van der Waals surface area contributed by atoms with E-state index in [0.717, 1.165) is 24.3 Å². The van der Waals surface area contributed by atoms with E-state index in [2.05, 4.69) is 0 Å². The highest BCUT2D eigenvalue weighted by atomic mass is 32.2. The number of benzene rings is 1. The summed E-state index contributed by atoms with van der Waals surface area (Å²) in [5.74, 6) is -1.29. The van der Waals surface area contributed by atoms with Gasteiger partial charge in [0.1, 0.15) is 0 Å². The zero-order valence-electron chi connectivity index (χ0n) is 10.7. The van der Waals surface area contributed by atoms with Gasteiger partial charge in [0, 0.05) is 12.1 Å². The fourth-order valence-corrected chi connectivity index (χ4v) is 2.91. The molecular formula is C12H10N2O6S. The van der Waals surface area contributed by atoms with E-state index in [4.69, 9.17) is 5.11 Å². The molecule has 0 bridgehead atoms. The smallest absolute Gasteiger partial charge is 0.335 e. The standard InChI is InChI=1S/C12H10N2O6S/c1-7-2-3-8(6-9(7)12(17)18)21(19,20)14-11(16)5-4-10(15)13-14/h2-6H,1H3,(H,13,15)(H,17,18). The molecule has 0 saturated heterocycles. The second-order valence-electron chi connectivity index (χ2n) is 4.20. The summed E-state index contributed by atoms with van der Waals surface area (Å²) >= 11 is 0. The van der Waals surface area contributed by atoms with Crippen molar-refractivity contribution in [2.75, 3.05) is 0 Å². The van der Waals surface area contributed by atoms with Crippen LogP contribution in [0.2, 0.25) is 0 Å². The Morgan fingerprint density at radius 2 is 1.86 bits per heavy atom. The number of hydrogen-bond acceptors (Lipinski definition) is 5.